The molecule has 0 aliphatic rings. The summed E-state index contributed by atoms with van der Waals surface area (Å²) in [6, 6.07) is 16.5. The van der Waals surface area contributed by atoms with Gasteiger partial charge in [-0.2, -0.15) is 5.10 Å². The Morgan fingerprint density at radius 2 is 1.82 bits per heavy atom. The molecule has 0 aliphatic heterocycles. The second-order valence-corrected chi connectivity index (χ2v) is 4.84. The van der Waals surface area contributed by atoms with Gasteiger partial charge < -0.3 is 0 Å². The normalized spacial score (nSPS) is 10.9. The van der Waals surface area contributed by atoms with Crippen LogP contribution in [0.2, 0.25) is 0 Å². The van der Waals surface area contributed by atoms with Crippen molar-refractivity contribution in [1.29, 1.82) is 0 Å². The van der Waals surface area contributed by atoms with Crippen LogP contribution in [-0.2, 0) is 6.54 Å². The number of nitrogens with zero attached hydrogens (tertiary/aromatic N) is 2. The van der Waals surface area contributed by atoms with E-state index >= 15 is 0 Å². The fraction of sp³-hybridized carbons (Fsp3) is 0.0714. The number of fused-ring (bicyclic) bond motifs is 1. The summed E-state index contributed by atoms with van der Waals surface area (Å²) < 4.78 is 3.02. The predicted octanol–water partition coefficient (Wildman–Crippen LogP) is 3.85. The molecule has 2 aromatic carbocycles. The molecule has 0 aliphatic carbocycles. The van der Waals surface area contributed by atoms with Crippen LogP contribution >= 0.6 is 15.9 Å². The van der Waals surface area contributed by atoms with Crippen molar-refractivity contribution in [3.63, 3.8) is 0 Å². The first-order chi connectivity index (χ1) is 8.33. The van der Waals surface area contributed by atoms with Gasteiger partial charge in [-0.15, -0.1) is 0 Å². The van der Waals surface area contributed by atoms with Gasteiger partial charge in [-0.25, -0.2) is 0 Å². The minimum absolute atomic E-state index is 0.808. The van der Waals surface area contributed by atoms with Gasteiger partial charge in [0.2, 0.25) is 0 Å². The maximum Gasteiger partial charge on any atom is 0.106 e. The lowest BCUT2D eigenvalue weighted by molar-refractivity contribution is 0.695. The van der Waals surface area contributed by atoms with E-state index in [-0.39, 0.29) is 0 Å². The lowest BCUT2D eigenvalue weighted by Gasteiger charge is -2.00. The van der Waals surface area contributed by atoms with Gasteiger partial charge in [-0.05, 0) is 27.6 Å². The van der Waals surface area contributed by atoms with E-state index in [9.17, 15) is 0 Å². The molecule has 0 saturated carbocycles. The second kappa shape index (κ2) is 4.34. The number of benzene rings is 2. The monoisotopic (exact) mass is 286 g/mol. The van der Waals surface area contributed by atoms with E-state index in [2.05, 4.69) is 57.6 Å². The Bertz CT molecular complexity index is 644. The Morgan fingerprint density at radius 1 is 1.00 bits per heavy atom. The van der Waals surface area contributed by atoms with Crippen molar-refractivity contribution in [2.24, 2.45) is 0 Å². The van der Waals surface area contributed by atoms with Crippen LogP contribution in [0.3, 0.4) is 0 Å². The lowest BCUT2D eigenvalue weighted by Crippen LogP contribution is -1.99. The van der Waals surface area contributed by atoms with Crippen molar-refractivity contribution in [3.05, 3.63) is 64.8 Å². The molecule has 0 bridgehead atoms. The third kappa shape index (κ3) is 2.11. The summed E-state index contributed by atoms with van der Waals surface area (Å²) >= 11 is 3.52. The Balaban J connectivity index is 1.99. The van der Waals surface area contributed by atoms with Crippen LogP contribution in [0.4, 0.5) is 0 Å². The maximum atomic E-state index is 4.58. The molecular weight excluding hydrogens is 276 g/mol. The van der Waals surface area contributed by atoms with Gasteiger partial charge in [-0.3, -0.25) is 4.68 Å². The highest BCUT2D eigenvalue weighted by Gasteiger charge is 2.03. The van der Waals surface area contributed by atoms with Crippen molar-refractivity contribution in [1.82, 2.24) is 9.78 Å². The van der Waals surface area contributed by atoms with Gasteiger partial charge in [0.1, 0.15) is 5.52 Å². The number of hydrogen-bond acceptors (Lipinski definition) is 1. The van der Waals surface area contributed by atoms with Crippen molar-refractivity contribution in [3.8, 4) is 0 Å². The van der Waals surface area contributed by atoms with Gasteiger partial charge in [0.25, 0.3) is 0 Å². The van der Waals surface area contributed by atoms with Gasteiger partial charge in [-0.1, -0.05) is 42.5 Å². The highest BCUT2D eigenvalue weighted by atomic mass is 79.9. The summed E-state index contributed by atoms with van der Waals surface area (Å²) in [6.45, 7) is 0.808. The van der Waals surface area contributed by atoms with Gasteiger partial charge >= 0.3 is 0 Å². The average molecular weight is 287 g/mol. The number of aromatic nitrogens is 2. The highest BCUT2D eigenvalue weighted by molar-refractivity contribution is 9.10. The zero-order valence-electron chi connectivity index (χ0n) is 9.18. The molecule has 0 spiro atoms. The summed E-state index contributed by atoms with van der Waals surface area (Å²) in [5.41, 5.74) is 2.28. The maximum absolute atomic E-state index is 4.58. The van der Waals surface area contributed by atoms with E-state index in [0.29, 0.717) is 0 Å². The summed E-state index contributed by atoms with van der Waals surface area (Å²) in [4.78, 5) is 0. The molecule has 0 radical (unpaired) electrons. The van der Waals surface area contributed by atoms with Crippen LogP contribution in [0.25, 0.3) is 10.9 Å². The Morgan fingerprint density at radius 3 is 2.59 bits per heavy atom. The molecule has 3 heteroatoms. The second-order valence-electron chi connectivity index (χ2n) is 3.99. The Kier molecular flexibility index (Phi) is 2.69. The largest absolute Gasteiger partial charge is 0.267 e. The molecule has 1 heterocycles. The number of rotatable bonds is 2. The number of halogens is 1. The molecule has 0 amide bonds. The van der Waals surface area contributed by atoms with Crippen molar-refractivity contribution in [2.75, 3.05) is 0 Å². The predicted molar refractivity (Wildman–Crippen MR) is 73.0 cm³/mol. The molecule has 3 aromatic rings. The van der Waals surface area contributed by atoms with Crippen LogP contribution < -0.4 is 0 Å². The molecule has 0 atom stereocenters. The molecule has 1 aromatic heterocycles. The standard InChI is InChI=1S/C14H11BrN2/c15-13-8-4-7-12-10-17(16-14(12)13)9-11-5-2-1-3-6-11/h1-8,10H,9H2. The van der Waals surface area contributed by atoms with Gasteiger partial charge in [0.05, 0.1) is 6.54 Å². The minimum atomic E-state index is 0.808. The van der Waals surface area contributed by atoms with E-state index in [1.165, 1.54) is 5.56 Å². The molecular formula is C14H11BrN2. The van der Waals surface area contributed by atoms with Gasteiger partial charge in [0, 0.05) is 16.1 Å². The molecule has 2 nitrogen and oxygen atoms in total. The number of hydrogen-bond donors (Lipinski definition) is 0. The van der Waals surface area contributed by atoms with Crippen LogP contribution in [0.1, 0.15) is 5.56 Å². The third-order valence-corrected chi connectivity index (χ3v) is 3.36. The molecule has 17 heavy (non-hydrogen) atoms. The Hall–Kier alpha value is -1.61. The Labute approximate surface area is 108 Å². The molecule has 0 N–H and O–H groups in total. The van der Waals surface area contributed by atoms with Crippen molar-refractivity contribution >= 4 is 26.8 Å². The van der Waals surface area contributed by atoms with Crippen LogP contribution in [0.15, 0.2) is 59.2 Å². The molecule has 3 rings (SSSR count). The first kappa shape index (κ1) is 10.5. The van der Waals surface area contributed by atoms with E-state index in [1.807, 2.05) is 22.9 Å². The summed E-state index contributed by atoms with van der Waals surface area (Å²) in [7, 11) is 0. The SMILES string of the molecule is Brc1cccc2cn(Cc3ccccc3)nc12. The van der Waals surface area contributed by atoms with Crippen LogP contribution in [0, 0.1) is 0 Å². The fourth-order valence-corrected chi connectivity index (χ4v) is 2.37. The fourth-order valence-electron chi connectivity index (χ4n) is 1.91. The minimum Gasteiger partial charge on any atom is -0.267 e. The topological polar surface area (TPSA) is 17.8 Å². The van der Waals surface area contributed by atoms with Gasteiger partial charge in [0.15, 0.2) is 0 Å². The third-order valence-electron chi connectivity index (χ3n) is 2.72. The lowest BCUT2D eigenvalue weighted by atomic mass is 10.2. The average Bonchev–Trinajstić information content (AvgIpc) is 2.74. The first-order valence-electron chi connectivity index (χ1n) is 5.48. The molecule has 0 saturated heterocycles. The summed E-state index contributed by atoms with van der Waals surface area (Å²) in [5.74, 6) is 0. The first-order valence-corrected chi connectivity index (χ1v) is 6.28. The van der Waals surface area contributed by atoms with Crippen LogP contribution in [-0.4, -0.2) is 9.78 Å². The molecule has 0 fully saturated rings. The quantitative estimate of drug-likeness (QED) is 0.700. The van der Waals surface area contributed by atoms with E-state index in [4.69, 9.17) is 0 Å². The zero-order valence-corrected chi connectivity index (χ0v) is 10.8. The molecule has 0 unspecified atom stereocenters. The van der Waals surface area contributed by atoms with E-state index in [0.717, 1.165) is 21.9 Å². The zero-order chi connectivity index (χ0) is 11.7. The van der Waals surface area contributed by atoms with Crippen LogP contribution in [0.5, 0.6) is 0 Å². The highest BCUT2D eigenvalue weighted by Crippen LogP contribution is 2.22. The van der Waals surface area contributed by atoms with Crippen molar-refractivity contribution < 1.29 is 0 Å². The summed E-state index contributed by atoms with van der Waals surface area (Å²) in [6.07, 6.45) is 2.08. The van der Waals surface area contributed by atoms with E-state index in [1.54, 1.807) is 0 Å². The van der Waals surface area contributed by atoms with E-state index < -0.39 is 0 Å². The van der Waals surface area contributed by atoms with Crippen molar-refractivity contribution in [2.45, 2.75) is 6.54 Å². The smallest absolute Gasteiger partial charge is 0.106 e. The summed E-state index contributed by atoms with van der Waals surface area (Å²) in [5, 5.41) is 5.74. The molecule has 84 valence electrons.